The number of hydrogen-bond donors (Lipinski definition) is 1. The highest BCUT2D eigenvalue weighted by molar-refractivity contribution is 6.32. The number of carbonyl (C=O) groups excluding carboxylic acids is 1. The van der Waals surface area contributed by atoms with E-state index < -0.39 is 0 Å². The highest BCUT2D eigenvalue weighted by Crippen LogP contribution is 2.28. The molecule has 0 bridgehead atoms. The maximum absolute atomic E-state index is 13.3. The normalized spacial score (nSPS) is 15.2. The molecule has 0 spiro atoms. The van der Waals surface area contributed by atoms with Crippen molar-refractivity contribution < 1.29 is 19.0 Å². The molecule has 174 valence electrons. The molecular weight excluding hydrogens is 430 g/mol. The van der Waals surface area contributed by atoms with Gasteiger partial charge in [-0.1, -0.05) is 41.9 Å². The number of methoxy groups -OCH3 is 1. The minimum absolute atomic E-state index is 0.0143. The molecule has 2 aromatic rings. The molecular formula is C24H32ClN3O4. The third kappa shape index (κ3) is 7.38. The Labute approximate surface area is 195 Å². The number of amides is 2. The highest BCUT2D eigenvalue weighted by atomic mass is 35.5. The number of hydrogen-bond acceptors (Lipinski definition) is 5. The zero-order chi connectivity index (χ0) is 22.8. The third-order valence-corrected chi connectivity index (χ3v) is 5.64. The molecule has 1 atom stereocenters. The second-order valence-electron chi connectivity index (χ2n) is 7.79. The Kier molecular flexibility index (Phi) is 9.62. The van der Waals surface area contributed by atoms with Gasteiger partial charge in [0.15, 0.2) is 0 Å². The summed E-state index contributed by atoms with van der Waals surface area (Å²) in [7, 11) is 1.62. The number of urea groups is 1. The van der Waals surface area contributed by atoms with Crippen LogP contribution in [0.5, 0.6) is 5.75 Å². The van der Waals surface area contributed by atoms with Gasteiger partial charge in [0.25, 0.3) is 0 Å². The van der Waals surface area contributed by atoms with Gasteiger partial charge in [0.1, 0.15) is 12.4 Å². The number of anilines is 1. The van der Waals surface area contributed by atoms with Crippen molar-refractivity contribution in [2.45, 2.75) is 19.5 Å². The lowest BCUT2D eigenvalue weighted by molar-refractivity contribution is 0.0277. The van der Waals surface area contributed by atoms with E-state index in [-0.39, 0.29) is 12.1 Å². The molecule has 0 radical (unpaired) electrons. The van der Waals surface area contributed by atoms with Crippen LogP contribution in [0.1, 0.15) is 12.5 Å². The van der Waals surface area contributed by atoms with Crippen LogP contribution in [0, 0.1) is 0 Å². The van der Waals surface area contributed by atoms with Crippen LogP contribution in [0.4, 0.5) is 10.5 Å². The van der Waals surface area contributed by atoms with E-state index in [2.05, 4.69) is 17.1 Å². The summed E-state index contributed by atoms with van der Waals surface area (Å²) >= 11 is 6.34. The lowest BCUT2D eigenvalue weighted by Crippen LogP contribution is -2.49. The number of ether oxygens (including phenoxy) is 3. The van der Waals surface area contributed by atoms with Crippen LogP contribution in [0.25, 0.3) is 0 Å². The van der Waals surface area contributed by atoms with Gasteiger partial charge in [-0.2, -0.15) is 0 Å². The van der Waals surface area contributed by atoms with Crippen LogP contribution >= 0.6 is 11.6 Å². The molecule has 0 unspecified atom stereocenters. The monoisotopic (exact) mass is 461 g/mol. The summed E-state index contributed by atoms with van der Waals surface area (Å²) in [6, 6.07) is 15.1. The van der Waals surface area contributed by atoms with E-state index in [0.29, 0.717) is 36.2 Å². The maximum Gasteiger partial charge on any atom is 0.322 e. The summed E-state index contributed by atoms with van der Waals surface area (Å²) in [6.07, 6.45) is 0. The lowest BCUT2D eigenvalue weighted by atomic mass is 10.1. The topological polar surface area (TPSA) is 63.3 Å². The van der Waals surface area contributed by atoms with Crippen molar-refractivity contribution in [1.82, 2.24) is 9.80 Å². The minimum Gasteiger partial charge on any atom is -0.490 e. The van der Waals surface area contributed by atoms with Gasteiger partial charge in [-0.05, 0) is 30.7 Å². The predicted octanol–water partition coefficient (Wildman–Crippen LogP) is 4.12. The predicted molar refractivity (Wildman–Crippen MR) is 127 cm³/mol. The Morgan fingerprint density at radius 2 is 1.94 bits per heavy atom. The zero-order valence-electron chi connectivity index (χ0n) is 18.8. The second kappa shape index (κ2) is 12.6. The summed E-state index contributed by atoms with van der Waals surface area (Å²) in [5, 5.41) is 3.43. The van der Waals surface area contributed by atoms with Crippen LogP contribution in [-0.2, 0) is 16.0 Å². The summed E-state index contributed by atoms with van der Waals surface area (Å²) < 4.78 is 16.0. The molecule has 3 rings (SSSR count). The quantitative estimate of drug-likeness (QED) is 0.539. The van der Waals surface area contributed by atoms with Gasteiger partial charge in [-0.3, -0.25) is 4.90 Å². The van der Waals surface area contributed by atoms with Gasteiger partial charge in [0.2, 0.25) is 0 Å². The second-order valence-corrected chi connectivity index (χ2v) is 8.20. The third-order valence-electron chi connectivity index (χ3n) is 5.34. The van der Waals surface area contributed by atoms with Crippen LogP contribution in [0.3, 0.4) is 0 Å². The smallest absolute Gasteiger partial charge is 0.322 e. The summed E-state index contributed by atoms with van der Waals surface area (Å²) in [5.74, 6) is 0.559. The Balaban J connectivity index is 1.68. The first kappa shape index (κ1) is 24.3. The fourth-order valence-electron chi connectivity index (χ4n) is 3.59. The van der Waals surface area contributed by atoms with Crippen molar-refractivity contribution in [3.8, 4) is 5.75 Å². The van der Waals surface area contributed by atoms with E-state index >= 15 is 0 Å². The number of benzene rings is 2. The first-order chi connectivity index (χ1) is 15.6. The number of carbonyl (C=O) groups is 1. The van der Waals surface area contributed by atoms with Crippen LogP contribution in [-0.4, -0.2) is 75.0 Å². The number of nitrogens with one attached hydrogen (secondary N) is 1. The summed E-state index contributed by atoms with van der Waals surface area (Å²) in [4.78, 5) is 17.5. The van der Waals surface area contributed by atoms with Gasteiger partial charge in [0, 0.05) is 45.0 Å². The van der Waals surface area contributed by atoms with Gasteiger partial charge in [-0.25, -0.2) is 4.79 Å². The highest BCUT2D eigenvalue weighted by Gasteiger charge is 2.24. The summed E-state index contributed by atoms with van der Waals surface area (Å²) in [6.45, 7) is 7.49. The van der Waals surface area contributed by atoms with Gasteiger partial charge >= 0.3 is 6.03 Å². The molecule has 1 fully saturated rings. The average molecular weight is 462 g/mol. The largest absolute Gasteiger partial charge is 0.490 e. The molecule has 1 N–H and O–H groups in total. The number of nitrogens with zero attached hydrogens (tertiary/aromatic N) is 2. The van der Waals surface area contributed by atoms with Crippen LogP contribution in [0.2, 0.25) is 5.02 Å². The van der Waals surface area contributed by atoms with Gasteiger partial charge < -0.3 is 24.4 Å². The molecule has 2 aromatic carbocycles. The van der Waals surface area contributed by atoms with Crippen molar-refractivity contribution >= 4 is 23.3 Å². The molecule has 1 aliphatic rings. The molecule has 2 amide bonds. The Morgan fingerprint density at radius 1 is 1.19 bits per heavy atom. The molecule has 32 heavy (non-hydrogen) atoms. The molecule has 0 aromatic heterocycles. The molecule has 1 heterocycles. The first-order valence-corrected chi connectivity index (χ1v) is 11.3. The minimum atomic E-state index is -0.168. The van der Waals surface area contributed by atoms with Gasteiger partial charge in [-0.15, -0.1) is 0 Å². The zero-order valence-corrected chi connectivity index (χ0v) is 19.5. The van der Waals surface area contributed by atoms with Crippen molar-refractivity contribution in [3.05, 3.63) is 59.1 Å². The fourth-order valence-corrected chi connectivity index (χ4v) is 3.82. The van der Waals surface area contributed by atoms with E-state index in [9.17, 15) is 4.79 Å². The molecule has 1 aliphatic heterocycles. The molecule has 0 aliphatic carbocycles. The number of morpholine rings is 1. The van der Waals surface area contributed by atoms with Gasteiger partial charge in [0.05, 0.1) is 24.8 Å². The number of rotatable bonds is 10. The maximum atomic E-state index is 13.3. The fraction of sp³-hybridized carbons (Fsp3) is 0.458. The first-order valence-electron chi connectivity index (χ1n) is 10.9. The SMILES string of the molecule is COCCOc1ccc(NC(=O)N(Cc2ccccc2)[C@H](C)CN2CCOCC2)cc1Cl. The van der Waals surface area contributed by atoms with E-state index in [4.69, 9.17) is 25.8 Å². The molecule has 8 heteroatoms. The van der Waals surface area contributed by atoms with Crippen molar-refractivity contribution in [3.63, 3.8) is 0 Å². The standard InChI is InChI=1S/C24H32ClN3O4/c1-19(17-27-10-12-31-13-11-27)28(18-20-6-4-3-5-7-20)24(29)26-21-8-9-23(22(25)16-21)32-15-14-30-2/h3-9,16,19H,10-15,17-18H2,1-2H3,(H,26,29)/t19-/m1/s1. The molecule has 7 nitrogen and oxygen atoms in total. The van der Waals surface area contributed by atoms with Crippen molar-refractivity contribution in [2.75, 3.05) is 58.5 Å². The average Bonchev–Trinajstić information content (AvgIpc) is 2.80. The van der Waals surface area contributed by atoms with E-state index in [1.165, 1.54) is 0 Å². The van der Waals surface area contributed by atoms with E-state index in [1.54, 1.807) is 25.3 Å². The number of halogens is 1. The Morgan fingerprint density at radius 3 is 2.62 bits per heavy atom. The van der Waals surface area contributed by atoms with E-state index in [0.717, 1.165) is 38.4 Å². The summed E-state index contributed by atoms with van der Waals surface area (Å²) in [5.41, 5.74) is 1.70. The van der Waals surface area contributed by atoms with Crippen LogP contribution < -0.4 is 10.1 Å². The molecule has 0 saturated carbocycles. The van der Waals surface area contributed by atoms with Crippen molar-refractivity contribution in [2.24, 2.45) is 0 Å². The Hall–Kier alpha value is -2.32. The van der Waals surface area contributed by atoms with E-state index in [1.807, 2.05) is 35.2 Å². The van der Waals surface area contributed by atoms with Crippen LogP contribution in [0.15, 0.2) is 48.5 Å². The molecule has 1 saturated heterocycles. The lowest BCUT2D eigenvalue weighted by Gasteiger charge is -2.35. The Bertz CT molecular complexity index is 846. The van der Waals surface area contributed by atoms with Crippen molar-refractivity contribution in [1.29, 1.82) is 0 Å².